The third kappa shape index (κ3) is 4.46. The number of ketones is 1. The Bertz CT molecular complexity index is 992. The van der Waals surface area contributed by atoms with Gasteiger partial charge in [0.1, 0.15) is 11.7 Å². The van der Waals surface area contributed by atoms with Gasteiger partial charge in [-0.25, -0.2) is 4.98 Å². The third-order valence-corrected chi connectivity index (χ3v) is 4.84. The zero-order valence-electron chi connectivity index (χ0n) is 16.9. The fourth-order valence-corrected chi connectivity index (χ4v) is 3.22. The van der Waals surface area contributed by atoms with Gasteiger partial charge in [-0.2, -0.15) is 0 Å². The van der Waals surface area contributed by atoms with E-state index < -0.39 is 0 Å². The van der Waals surface area contributed by atoms with E-state index in [0.717, 1.165) is 52.0 Å². The molecule has 1 unspecified atom stereocenters. The summed E-state index contributed by atoms with van der Waals surface area (Å²) in [5.74, 6) is 0.0894. The number of imidazole rings is 1. The highest BCUT2D eigenvalue weighted by molar-refractivity contribution is 5.94. The molecule has 6 heteroatoms. The number of hydrogen-bond donors (Lipinski definition) is 1. The number of fused-ring (bicyclic) bond motifs is 1. The van der Waals surface area contributed by atoms with Crippen molar-refractivity contribution >= 4 is 16.8 Å². The molecule has 0 aliphatic rings. The molecule has 0 aliphatic heterocycles. The minimum atomic E-state index is -0.349. The minimum Gasteiger partial charge on any atom is -0.358 e. The average Bonchev–Trinajstić information content (AvgIpc) is 3.08. The van der Waals surface area contributed by atoms with E-state index in [4.69, 9.17) is 10.5 Å². The van der Waals surface area contributed by atoms with Crippen LogP contribution in [-0.2, 0) is 17.8 Å². The monoisotopic (exact) mass is 379 g/mol. The predicted molar refractivity (Wildman–Crippen MR) is 110 cm³/mol. The number of pyridine rings is 1. The first-order chi connectivity index (χ1) is 13.4. The number of aromatic nitrogens is 3. The van der Waals surface area contributed by atoms with E-state index in [-0.39, 0.29) is 12.0 Å². The molecule has 1 atom stereocenters. The Morgan fingerprint density at radius 1 is 1.36 bits per heavy atom. The molecular weight excluding hydrogens is 352 g/mol. The maximum atomic E-state index is 11.6. The van der Waals surface area contributed by atoms with Gasteiger partial charge in [0, 0.05) is 11.3 Å². The molecule has 2 heterocycles. The van der Waals surface area contributed by atoms with Gasteiger partial charge in [-0.3, -0.25) is 9.78 Å². The van der Waals surface area contributed by atoms with Crippen LogP contribution in [0.25, 0.3) is 11.0 Å². The summed E-state index contributed by atoms with van der Waals surface area (Å²) in [5.41, 5.74) is 12.4. The summed E-state index contributed by atoms with van der Waals surface area (Å²) < 4.78 is 7.60. The maximum absolute atomic E-state index is 11.6. The Kier molecular flexibility index (Phi) is 6.21. The number of nitrogens with zero attached hydrogens (tertiary/aromatic N) is 3. The van der Waals surface area contributed by atoms with E-state index in [0.29, 0.717) is 6.61 Å². The van der Waals surface area contributed by atoms with E-state index >= 15 is 0 Å². The van der Waals surface area contributed by atoms with E-state index in [1.807, 2.05) is 31.5 Å². The first-order valence-corrected chi connectivity index (χ1v) is 9.49. The van der Waals surface area contributed by atoms with Gasteiger partial charge in [-0.05, 0) is 57.7 Å². The van der Waals surface area contributed by atoms with Crippen LogP contribution < -0.4 is 5.73 Å². The summed E-state index contributed by atoms with van der Waals surface area (Å²) in [6, 6.07) is 7.80. The summed E-state index contributed by atoms with van der Waals surface area (Å²) >= 11 is 0. The fraction of sp³-hybridized carbons (Fsp3) is 0.364. The Balaban J connectivity index is 1.78. The van der Waals surface area contributed by atoms with Crippen LogP contribution in [0.2, 0.25) is 0 Å². The highest BCUT2D eigenvalue weighted by Crippen LogP contribution is 2.24. The van der Waals surface area contributed by atoms with Crippen LogP contribution >= 0.6 is 0 Å². The molecule has 28 heavy (non-hydrogen) atoms. The van der Waals surface area contributed by atoms with Crippen molar-refractivity contribution in [3.8, 4) is 0 Å². The van der Waals surface area contributed by atoms with E-state index in [2.05, 4.69) is 34.1 Å². The molecule has 0 bridgehead atoms. The molecule has 2 N–H and O–H groups in total. The van der Waals surface area contributed by atoms with Gasteiger partial charge >= 0.3 is 0 Å². The van der Waals surface area contributed by atoms with Crippen LogP contribution in [0.1, 0.15) is 53.1 Å². The maximum Gasteiger partial charge on any atom is 0.159 e. The SMILES string of the molecule is CC(=O)c1cccc(CC[CH]n2cnc3c(COC(C)N)nc(C)c(C)c32)c1. The summed E-state index contributed by atoms with van der Waals surface area (Å²) in [6.07, 6.45) is 3.15. The topological polar surface area (TPSA) is 83.0 Å². The molecule has 3 rings (SSSR count). The zero-order valence-corrected chi connectivity index (χ0v) is 16.9. The molecule has 2 aromatic heterocycles. The molecule has 1 aromatic carbocycles. The smallest absolute Gasteiger partial charge is 0.159 e. The Labute approximate surface area is 165 Å². The van der Waals surface area contributed by atoms with Gasteiger partial charge in [-0.15, -0.1) is 0 Å². The van der Waals surface area contributed by atoms with Crippen molar-refractivity contribution in [2.75, 3.05) is 0 Å². The van der Waals surface area contributed by atoms with Gasteiger partial charge in [-0.1, -0.05) is 18.2 Å². The van der Waals surface area contributed by atoms with Crippen molar-refractivity contribution in [2.45, 2.75) is 53.4 Å². The van der Waals surface area contributed by atoms with Crippen molar-refractivity contribution in [3.05, 3.63) is 65.2 Å². The highest BCUT2D eigenvalue weighted by atomic mass is 16.5. The van der Waals surface area contributed by atoms with Gasteiger partial charge in [0.15, 0.2) is 5.78 Å². The number of benzene rings is 1. The fourth-order valence-electron chi connectivity index (χ4n) is 3.22. The first-order valence-electron chi connectivity index (χ1n) is 9.49. The summed E-state index contributed by atoms with van der Waals surface area (Å²) in [6.45, 7) is 9.90. The molecule has 0 saturated heterocycles. The second kappa shape index (κ2) is 8.63. The quantitative estimate of drug-likeness (QED) is 0.476. The summed E-state index contributed by atoms with van der Waals surface area (Å²) in [7, 11) is 0. The second-order valence-corrected chi connectivity index (χ2v) is 7.11. The molecular formula is C22H27N4O2. The molecule has 1 radical (unpaired) electrons. The number of nitrogens with two attached hydrogens (primary N) is 1. The van der Waals surface area contributed by atoms with Crippen molar-refractivity contribution in [3.63, 3.8) is 0 Å². The first kappa shape index (κ1) is 20.2. The predicted octanol–water partition coefficient (Wildman–Crippen LogP) is 3.71. The van der Waals surface area contributed by atoms with Crippen molar-refractivity contribution < 1.29 is 9.53 Å². The third-order valence-electron chi connectivity index (χ3n) is 4.84. The van der Waals surface area contributed by atoms with E-state index in [1.165, 1.54) is 0 Å². The molecule has 0 amide bonds. The van der Waals surface area contributed by atoms with Gasteiger partial charge in [0.05, 0.1) is 30.7 Å². The molecule has 0 saturated carbocycles. The number of rotatable bonds is 8. The lowest BCUT2D eigenvalue weighted by molar-refractivity contribution is 0.0562. The Morgan fingerprint density at radius 3 is 2.86 bits per heavy atom. The lowest BCUT2D eigenvalue weighted by Crippen LogP contribution is -2.19. The molecule has 0 fully saturated rings. The normalized spacial score (nSPS) is 12.5. The number of carbonyl (C=O) groups is 1. The van der Waals surface area contributed by atoms with Crippen LogP contribution in [0.15, 0.2) is 30.6 Å². The largest absolute Gasteiger partial charge is 0.358 e. The molecule has 0 spiro atoms. The summed E-state index contributed by atoms with van der Waals surface area (Å²) in [5, 5.41) is 0. The van der Waals surface area contributed by atoms with E-state index in [9.17, 15) is 4.79 Å². The van der Waals surface area contributed by atoms with Gasteiger partial charge in [0.25, 0.3) is 0 Å². The second-order valence-electron chi connectivity index (χ2n) is 7.11. The van der Waals surface area contributed by atoms with Crippen molar-refractivity contribution in [2.24, 2.45) is 5.73 Å². The Hall–Kier alpha value is -2.57. The molecule has 0 aliphatic carbocycles. The average molecular weight is 379 g/mol. The van der Waals surface area contributed by atoms with Gasteiger partial charge < -0.3 is 15.0 Å². The lowest BCUT2D eigenvalue weighted by Gasteiger charge is -2.12. The zero-order chi connectivity index (χ0) is 20.3. The molecule has 147 valence electrons. The van der Waals surface area contributed by atoms with Gasteiger partial charge in [0.2, 0.25) is 0 Å². The molecule has 3 aromatic rings. The van der Waals surface area contributed by atoms with Crippen LogP contribution in [0.4, 0.5) is 0 Å². The van der Waals surface area contributed by atoms with Crippen LogP contribution in [0, 0.1) is 20.4 Å². The molecule has 6 nitrogen and oxygen atoms in total. The number of carbonyl (C=O) groups excluding carboxylic acids is 1. The van der Waals surface area contributed by atoms with Crippen LogP contribution in [-0.4, -0.2) is 26.5 Å². The minimum absolute atomic E-state index is 0.0894. The number of hydrogen-bond acceptors (Lipinski definition) is 5. The van der Waals surface area contributed by atoms with Crippen molar-refractivity contribution in [1.82, 2.24) is 14.5 Å². The van der Waals surface area contributed by atoms with Crippen LogP contribution in [0.3, 0.4) is 0 Å². The lowest BCUT2D eigenvalue weighted by atomic mass is 10.0. The standard InChI is InChI=1S/C22H27N4O2/c1-14-15(2)25-20(12-28-17(4)23)21-22(14)26(13-24-21)10-6-8-18-7-5-9-19(11-18)16(3)27/h5,7,9-11,13,17H,6,8,12,23H2,1-4H3. The van der Waals surface area contributed by atoms with Crippen LogP contribution in [0.5, 0.6) is 0 Å². The number of aryl methyl sites for hydroxylation is 3. The summed E-state index contributed by atoms with van der Waals surface area (Å²) in [4.78, 5) is 20.8. The Morgan fingerprint density at radius 2 is 2.14 bits per heavy atom. The van der Waals surface area contributed by atoms with E-state index in [1.54, 1.807) is 13.8 Å². The number of ether oxygens (including phenoxy) is 1. The highest BCUT2D eigenvalue weighted by Gasteiger charge is 2.15. The van der Waals surface area contributed by atoms with Crippen molar-refractivity contribution in [1.29, 1.82) is 0 Å². The number of Topliss-reactive ketones (excluding diaryl/α,β-unsaturated/α-hetero) is 1.